The minimum Gasteiger partial charge on any atom is -0.393 e. The van der Waals surface area contributed by atoms with Crippen LogP contribution in [0.5, 0.6) is 0 Å². The smallest absolute Gasteiger partial charge is 0.359 e. The van der Waals surface area contributed by atoms with Gasteiger partial charge in [-0.05, 0) is 20.3 Å². The molecule has 0 saturated carbocycles. The monoisotopic (exact) mass is 155 g/mol. The zero-order chi connectivity index (χ0) is 8.91. The Morgan fingerprint density at radius 2 is 2.18 bits per heavy atom. The molecule has 0 aliphatic rings. The second-order valence-electron chi connectivity index (χ2n) is 2.96. The summed E-state index contributed by atoms with van der Waals surface area (Å²) < 4.78 is 4.65. The van der Waals surface area contributed by atoms with Crippen LogP contribution in [0.3, 0.4) is 0 Å². The van der Waals surface area contributed by atoms with E-state index in [1.807, 2.05) is 6.92 Å². The van der Waals surface area contributed by atoms with Crippen LogP contribution >= 0.6 is 0 Å². The van der Waals surface area contributed by atoms with Crippen molar-refractivity contribution >= 4 is 5.97 Å². The third kappa shape index (κ3) is 3.03. The molecule has 0 radical (unpaired) electrons. The van der Waals surface area contributed by atoms with Crippen molar-refractivity contribution in [1.29, 1.82) is 0 Å². The average Bonchev–Trinajstić information content (AvgIpc) is 2.00. The lowest BCUT2D eigenvalue weighted by molar-refractivity contribution is -0.152. The lowest BCUT2D eigenvalue weighted by Gasteiger charge is -2.17. The summed E-state index contributed by atoms with van der Waals surface area (Å²) in [4.78, 5) is 14.0. The summed E-state index contributed by atoms with van der Waals surface area (Å²) in [6.45, 7) is 11.8. The molecule has 0 aromatic rings. The Kier molecular flexibility index (Phi) is 3.59. The Balaban J connectivity index is 3.94. The molecule has 0 amide bonds. The van der Waals surface area contributed by atoms with Gasteiger partial charge in [-0.2, -0.15) is 0 Å². The maximum Gasteiger partial charge on any atom is 0.359 e. The molecule has 3 heteroatoms. The summed E-state index contributed by atoms with van der Waals surface area (Å²) in [7, 11) is 0. The summed E-state index contributed by atoms with van der Waals surface area (Å²) in [6.07, 6.45) is 0.726. The normalized spacial score (nSPS) is 10.4. The fourth-order valence-corrected chi connectivity index (χ4v) is 0.431. The van der Waals surface area contributed by atoms with E-state index in [4.69, 9.17) is 6.57 Å². The van der Waals surface area contributed by atoms with Crippen LogP contribution in [0.1, 0.15) is 27.2 Å². The highest BCUT2D eigenvalue weighted by molar-refractivity contribution is 5.75. The van der Waals surface area contributed by atoms with Gasteiger partial charge in [0.15, 0.2) is 0 Å². The molecule has 0 heterocycles. The minimum atomic E-state index is -0.454. The van der Waals surface area contributed by atoms with E-state index in [2.05, 4.69) is 9.58 Å². The van der Waals surface area contributed by atoms with E-state index < -0.39 is 5.41 Å². The second-order valence-corrected chi connectivity index (χ2v) is 2.96. The van der Waals surface area contributed by atoms with Crippen molar-refractivity contribution in [2.24, 2.45) is 5.41 Å². The van der Waals surface area contributed by atoms with Crippen molar-refractivity contribution in [2.75, 3.05) is 6.73 Å². The molecule has 0 aromatic heterocycles. The first kappa shape index (κ1) is 9.96. The van der Waals surface area contributed by atoms with Gasteiger partial charge in [-0.1, -0.05) is 6.92 Å². The molecule has 0 fully saturated rings. The molecular formula is C8H13NO2. The molecule has 11 heavy (non-hydrogen) atoms. The van der Waals surface area contributed by atoms with Gasteiger partial charge >= 0.3 is 12.7 Å². The van der Waals surface area contributed by atoms with Crippen molar-refractivity contribution in [3.8, 4) is 0 Å². The zero-order valence-corrected chi connectivity index (χ0v) is 7.18. The highest BCUT2D eigenvalue weighted by atomic mass is 16.5. The van der Waals surface area contributed by atoms with Crippen molar-refractivity contribution in [3.63, 3.8) is 0 Å². The molecule has 0 aliphatic carbocycles. The summed E-state index contributed by atoms with van der Waals surface area (Å²) in [5, 5.41) is 0. The summed E-state index contributed by atoms with van der Waals surface area (Å²) in [5.41, 5.74) is -0.454. The molecule has 0 N–H and O–H groups in total. The van der Waals surface area contributed by atoms with Crippen LogP contribution in [0, 0.1) is 12.0 Å². The van der Waals surface area contributed by atoms with E-state index in [-0.39, 0.29) is 12.7 Å². The predicted molar refractivity (Wildman–Crippen MR) is 41.6 cm³/mol. The van der Waals surface area contributed by atoms with Gasteiger partial charge in [0.1, 0.15) is 0 Å². The Labute approximate surface area is 67.2 Å². The van der Waals surface area contributed by atoms with Gasteiger partial charge in [-0.25, -0.2) is 6.57 Å². The Morgan fingerprint density at radius 1 is 1.64 bits per heavy atom. The Morgan fingerprint density at radius 3 is 2.55 bits per heavy atom. The maximum atomic E-state index is 11.1. The van der Waals surface area contributed by atoms with Crippen LogP contribution in [0.15, 0.2) is 0 Å². The lowest BCUT2D eigenvalue weighted by atomic mass is 9.91. The summed E-state index contributed by atoms with van der Waals surface area (Å²) >= 11 is 0. The van der Waals surface area contributed by atoms with E-state index in [9.17, 15) is 4.79 Å². The number of ether oxygens (including phenoxy) is 1. The van der Waals surface area contributed by atoms with Crippen molar-refractivity contribution < 1.29 is 9.53 Å². The van der Waals surface area contributed by atoms with Crippen LogP contribution in [0.2, 0.25) is 0 Å². The van der Waals surface area contributed by atoms with Crippen LogP contribution < -0.4 is 0 Å². The molecule has 0 unspecified atom stereocenters. The first-order chi connectivity index (χ1) is 5.04. The summed E-state index contributed by atoms with van der Waals surface area (Å²) in [5.74, 6) is -0.295. The van der Waals surface area contributed by atoms with Crippen molar-refractivity contribution in [1.82, 2.24) is 0 Å². The van der Waals surface area contributed by atoms with E-state index in [1.54, 1.807) is 13.8 Å². The third-order valence-corrected chi connectivity index (χ3v) is 1.70. The molecule has 3 nitrogen and oxygen atoms in total. The largest absolute Gasteiger partial charge is 0.393 e. The number of hydrogen-bond acceptors (Lipinski definition) is 2. The number of carbonyl (C=O) groups excluding carboxylic acids is 1. The molecule has 0 bridgehead atoms. The van der Waals surface area contributed by atoms with Gasteiger partial charge in [0.25, 0.3) is 0 Å². The standard InChI is InChI=1S/C8H13NO2/c1-5-8(2,3)7(10)11-6-9-4/h5-6H2,1-3H3. The van der Waals surface area contributed by atoms with E-state index in [0.717, 1.165) is 6.42 Å². The average molecular weight is 155 g/mol. The number of esters is 1. The van der Waals surface area contributed by atoms with Crippen molar-refractivity contribution in [2.45, 2.75) is 27.2 Å². The van der Waals surface area contributed by atoms with Crippen LogP contribution in [-0.2, 0) is 9.53 Å². The third-order valence-electron chi connectivity index (χ3n) is 1.70. The molecule has 0 aromatic carbocycles. The maximum absolute atomic E-state index is 11.1. The van der Waals surface area contributed by atoms with E-state index >= 15 is 0 Å². The minimum absolute atomic E-state index is 0.164. The molecule has 0 aliphatic heterocycles. The van der Waals surface area contributed by atoms with E-state index in [0.29, 0.717) is 0 Å². The van der Waals surface area contributed by atoms with Gasteiger partial charge in [0.05, 0.1) is 5.41 Å². The number of rotatable bonds is 3. The molecule has 0 rings (SSSR count). The SMILES string of the molecule is [C-]#[N+]COC(=O)C(C)(C)CC. The molecular weight excluding hydrogens is 142 g/mol. The fourth-order valence-electron chi connectivity index (χ4n) is 0.431. The first-order valence-electron chi connectivity index (χ1n) is 3.55. The second kappa shape index (κ2) is 3.97. The lowest BCUT2D eigenvalue weighted by Crippen LogP contribution is -2.25. The zero-order valence-electron chi connectivity index (χ0n) is 7.18. The van der Waals surface area contributed by atoms with Crippen molar-refractivity contribution in [3.05, 3.63) is 11.4 Å². The Bertz CT molecular complexity index is 179. The first-order valence-corrected chi connectivity index (χ1v) is 3.55. The molecule has 0 atom stereocenters. The van der Waals surface area contributed by atoms with Gasteiger partial charge in [0, 0.05) is 0 Å². The molecule has 62 valence electrons. The quantitative estimate of drug-likeness (QED) is 0.460. The van der Waals surface area contributed by atoms with Gasteiger partial charge in [-0.3, -0.25) is 9.64 Å². The topological polar surface area (TPSA) is 30.7 Å². The number of nitrogens with zero attached hydrogens (tertiary/aromatic N) is 1. The highest BCUT2D eigenvalue weighted by Crippen LogP contribution is 2.21. The fraction of sp³-hybridized carbons (Fsp3) is 0.750. The predicted octanol–water partition coefficient (Wildman–Crippen LogP) is 1.84. The molecule has 0 spiro atoms. The van der Waals surface area contributed by atoms with Crippen LogP contribution in [0.25, 0.3) is 4.85 Å². The number of hydrogen-bond donors (Lipinski definition) is 0. The van der Waals surface area contributed by atoms with Gasteiger partial charge in [0.2, 0.25) is 0 Å². The van der Waals surface area contributed by atoms with Gasteiger partial charge < -0.3 is 4.74 Å². The van der Waals surface area contributed by atoms with Gasteiger partial charge in [-0.15, -0.1) is 0 Å². The van der Waals surface area contributed by atoms with Crippen LogP contribution in [0.4, 0.5) is 0 Å². The summed E-state index contributed by atoms with van der Waals surface area (Å²) in [6, 6.07) is 0. The van der Waals surface area contributed by atoms with E-state index in [1.165, 1.54) is 0 Å². The highest BCUT2D eigenvalue weighted by Gasteiger charge is 2.27. The number of carbonyl (C=O) groups is 1. The molecule has 0 saturated heterocycles. The van der Waals surface area contributed by atoms with Crippen LogP contribution in [-0.4, -0.2) is 12.7 Å². The Hall–Kier alpha value is -1.04.